The number of hydrogen-bond acceptors (Lipinski definition) is 11. The standard InChI is InChI=1S/C20H21F3N8O3S/c1-11(27-14-8-26-29-18(32)16(14)20(21,22)23)9-33-10-15-28-17(30-34-15)12-2-4-31(5-3-12)19-25-7-13(6-24)35-19/h7-8,11-12H,2-5,9-10H2,1H3,(H2,27,29,32). The summed E-state index contributed by atoms with van der Waals surface area (Å²) in [5, 5.41) is 21.6. The third-order valence-corrected chi connectivity index (χ3v) is 6.32. The van der Waals surface area contributed by atoms with Crippen molar-refractivity contribution in [1.29, 1.82) is 5.26 Å². The second kappa shape index (κ2) is 10.4. The van der Waals surface area contributed by atoms with Gasteiger partial charge in [-0.05, 0) is 19.8 Å². The summed E-state index contributed by atoms with van der Waals surface area (Å²) >= 11 is 1.36. The number of aromatic amines is 1. The van der Waals surface area contributed by atoms with Gasteiger partial charge in [0.15, 0.2) is 11.0 Å². The summed E-state index contributed by atoms with van der Waals surface area (Å²) < 4.78 is 50.2. The van der Waals surface area contributed by atoms with Crippen LogP contribution in [-0.4, -0.2) is 51.1 Å². The fourth-order valence-corrected chi connectivity index (χ4v) is 4.47. The maximum Gasteiger partial charge on any atom is 0.423 e. The average Bonchev–Trinajstić information content (AvgIpc) is 3.48. The first-order valence-corrected chi connectivity index (χ1v) is 11.5. The number of nitrogens with zero attached hydrogens (tertiary/aromatic N) is 6. The summed E-state index contributed by atoms with van der Waals surface area (Å²) in [7, 11) is 0. The molecule has 0 aliphatic carbocycles. The van der Waals surface area contributed by atoms with Crippen molar-refractivity contribution in [2.45, 2.75) is 44.5 Å². The van der Waals surface area contributed by atoms with Crippen molar-refractivity contribution >= 4 is 22.2 Å². The highest BCUT2D eigenvalue weighted by atomic mass is 32.1. The second-order valence-corrected chi connectivity index (χ2v) is 8.98. The first-order chi connectivity index (χ1) is 16.7. The molecule has 0 spiro atoms. The SMILES string of the molecule is CC(COCc1nc(C2CCN(c3ncc(C#N)s3)CC2)no1)Nc1cn[nH]c(=O)c1C(F)(F)F. The number of anilines is 2. The maximum absolute atomic E-state index is 13.1. The van der Waals surface area contributed by atoms with Crippen molar-refractivity contribution in [2.75, 3.05) is 29.9 Å². The van der Waals surface area contributed by atoms with E-state index in [0.717, 1.165) is 37.3 Å². The van der Waals surface area contributed by atoms with E-state index in [2.05, 4.69) is 36.5 Å². The van der Waals surface area contributed by atoms with E-state index < -0.39 is 29.0 Å². The lowest BCUT2D eigenvalue weighted by atomic mass is 9.96. The number of nitrogens with one attached hydrogen (secondary N) is 2. The van der Waals surface area contributed by atoms with Gasteiger partial charge in [-0.1, -0.05) is 16.5 Å². The summed E-state index contributed by atoms with van der Waals surface area (Å²) in [6.45, 7) is 3.14. The number of ether oxygens (including phenoxy) is 1. The van der Waals surface area contributed by atoms with Crippen molar-refractivity contribution in [2.24, 2.45) is 0 Å². The minimum Gasteiger partial charge on any atom is -0.378 e. The molecule has 1 atom stereocenters. The van der Waals surface area contributed by atoms with Gasteiger partial charge < -0.3 is 19.5 Å². The molecule has 1 fully saturated rings. The third-order valence-electron chi connectivity index (χ3n) is 5.35. The largest absolute Gasteiger partial charge is 0.423 e. The number of halogens is 3. The van der Waals surface area contributed by atoms with Crippen LogP contribution < -0.4 is 15.8 Å². The van der Waals surface area contributed by atoms with Gasteiger partial charge in [0.1, 0.15) is 23.1 Å². The Morgan fingerprint density at radius 3 is 2.86 bits per heavy atom. The molecule has 3 aromatic heterocycles. The zero-order chi connectivity index (χ0) is 25.0. The molecule has 4 heterocycles. The smallest absolute Gasteiger partial charge is 0.378 e. The van der Waals surface area contributed by atoms with Crippen LogP contribution in [0.15, 0.2) is 21.7 Å². The van der Waals surface area contributed by atoms with E-state index in [4.69, 9.17) is 14.5 Å². The highest BCUT2D eigenvalue weighted by molar-refractivity contribution is 7.16. The summed E-state index contributed by atoms with van der Waals surface area (Å²) in [5.74, 6) is 0.960. The van der Waals surface area contributed by atoms with Crippen molar-refractivity contribution in [3.8, 4) is 6.07 Å². The monoisotopic (exact) mass is 510 g/mol. The van der Waals surface area contributed by atoms with Gasteiger partial charge in [0.05, 0.1) is 24.7 Å². The topological polar surface area (TPSA) is 146 Å². The number of aromatic nitrogens is 5. The van der Waals surface area contributed by atoms with Crippen LogP contribution in [0.25, 0.3) is 0 Å². The van der Waals surface area contributed by atoms with E-state index >= 15 is 0 Å². The number of hydrogen-bond donors (Lipinski definition) is 2. The molecule has 1 aliphatic rings. The van der Waals surface area contributed by atoms with Gasteiger partial charge in [0, 0.05) is 25.0 Å². The molecule has 2 N–H and O–H groups in total. The van der Waals surface area contributed by atoms with Gasteiger partial charge in [-0.3, -0.25) is 4.79 Å². The Kier molecular flexibility index (Phi) is 7.31. The predicted octanol–water partition coefficient (Wildman–Crippen LogP) is 2.90. The summed E-state index contributed by atoms with van der Waals surface area (Å²) in [6, 6.07) is 1.53. The highest BCUT2D eigenvalue weighted by Gasteiger charge is 2.37. The van der Waals surface area contributed by atoms with Crippen molar-refractivity contribution in [3.05, 3.63) is 44.9 Å². The van der Waals surface area contributed by atoms with Crippen molar-refractivity contribution in [1.82, 2.24) is 25.3 Å². The van der Waals surface area contributed by atoms with Gasteiger partial charge in [-0.2, -0.15) is 28.5 Å². The molecule has 0 saturated carbocycles. The maximum atomic E-state index is 13.1. The normalized spacial score (nSPS) is 15.7. The first kappa shape index (κ1) is 24.6. The van der Waals surface area contributed by atoms with E-state index in [1.165, 1.54) is 11.3 Å². The van der Waals surface area contributed by atoms with Gasteiger partial charge in [0.2, 0.25) is 0 Å². The molecule has 11 nitrogen and oxygen atoms in total. The molecule has 1 aliphatic heterocycles. The van der Waals surface area contributed by atoms with E-state index in [0.29, 0.717) is 10.7 Å². The Morgan fingerprint density at radius 1 is 1.40 bits per heavy atom. The number of rotatable bonds is 8. The predicted molar refractivity (Wildman–Crippen MR) is 118 cm³/mol. The summed E-state index contributed by atoms with van der Waals surface area (Å²) in [6.07, 6.45) is -0.746. The zero-order valence-corrected chi connectivity index (χ0v) is 19.3. The van der Waals surface area contributed by atoms with Crippen LogP contribution in [0.3, 0.4) is 0 Å². The van der Waals surface area contributed by atoms with E-state index in [-0.39, 0.29) is 25.0 Å². The van der Waals surface area contributed by atoms with Gasteiger partial charge >= 0.3 is 6.18 Å². The third kappa shape index (κ3) is 5.95. The molecule has 35 heavy (non-hydrogen) atoms. The molecule has 0 bridgehead atoms. The molecule has 1 saturated heterocycles. The molecule has 0 aromatic carbocycles. The molecular weight excluding hydrogens is 489 g/mol. The Labute approximate surface area is 200 Å². The summed E-state index contributed by atoms with van der Waals surface area (Å²) in [4.78, 5) is 22.9. The van der Waals surface area contributed by atoms with Crippen LogP contribution in [0.5, 0.6) is 0 Å². The van der Waals surface area contributed by atoms with Crippen LogP contribution in [0.2, 0.25) is 0 Å². The number of nitriles is 1. The molecular formula is C20H21F3N8O3S. The Balaban J connectivity index is 1.25. The zero-order valence-electron chi connectivity index (χ0n) is 18.5. The number of alkyl halides is 3. The van der Waals surface area contributed by atoms with Crippen LogP contribution in [0.4, 0.5) is 24.0 Å². The first-order valence-electron chi connectivity index (χ1n) is 10.7. The van der Waals surface area contributed by atoms with Gasteiger partial charge in [0.25, 0.3) is 11.4 Å². The lowest BCUT2D eigenvalue weighted by molar-refractivity contribution is -0.138. The average molecular weight is 511 g/mol. The molecule has 0 radical (unpaired) electrons. The van der Waals surface area contributed by atoms with Crippen LogP contribution in [0, 0.1) is 11.3 Å². The second-order valence-electron chi connectivity index (χ2n) is 7.97. The molecule has 0 amide bonds. The number of H-pyrrole nitrogens is 1. The Hall–Kier alpha value is -3.51. The summed E-state index contributed by atoms with van der Waals surface area (Å²) in [5.41, 5.74) is -3.09. The molecule has 15 heteroatoms. The molecule has 4 rings (SSSR count). The minimum absolute atomic E-state index is 0.00628. The van der Waals surface area contributed by atoms with Crippen LogP contribution in [0.1, 0.15) is 47.8 Å². The van der Waals surface area contributed by atoms with Gasteiger partial charge in [-0.25, -0.2) is 10.1 Å². The van der Waals surface area contributed by atoms with E-state index in [1.54, 1.807) is 18.2 Å². The Morgan fingerprint density at radius 2 is 2.17 bits per heavy atom. The fourth-order valence-electron chi connectivity index (χ4n) is 3.70. The minimum atomic E-state index is -4.82. The quantitative estimate of drug-likeness (QED) is 0.464. The van der Waals surface area contributed by atoms with Crippen molar-refractivity contribution < 1.29 is 22.4 Å². The highest BCUT2D eigenvalue weighted by Crippen LogP contribution is 2.32. The number of piperidine rings is 1. The van der Waals surface area contributed by atoms with E-state index in [1.807, 2.05) is 0 Å². The number of thiazole rings is 1. The van der Waals surface area contributed by atoms with Gasteiger partial charge in [-0.15, -0.1) is 0 Å². The lowest BCUT2D eigenvalue weighted by Crippen LogP contribution is -2.33. The lowest BCUT2D eigenvalue weighted by Gasteiger charge is -2.30. The fraction of sp³-hybridized carbons (Fsp3) is 0.500. The Bertz CT molecular complexity index is 1240. The molecule has 1 unspecified atom stereocenters. The van der Waals surface area contributed by atoms with Crippen molar-refractivity contribution in [3.63, 3.8) is 0 Å². The van der Waals surface area contributed by atoms with Crippen LogP contribution >= 0.6 is 11.3 Å². The van der Waals surface area contributed by atoms with E-state index in [9.17, 15) is 18.0 Å². The van der Waals surface area contributed by atoms with Crippen LogP contribution in [-0.2, 0) is 17.5 Å². The molecule has 3 aromatic rings. The molecule has 186 valence electrons.